The molecule has 1 heteroatoms. The van der Waals surface area contributed by atoms with E-state index in [4.69, 9.17) is 0 Å². The van der Waals surface area contributed by atoms with Crippen LogP contribution >= 0.6 is 0 Å². The number of Topliss-reactive ketones (excluding diaryl/α,β-unsaturated/α-hetero) is 1. The summed E-state index contributed by atoms with van der Waals surface area (Å²) in [7, 11) is 0. The summed E-state index contributed by atoms with van der Waals surface area (Å²) in [5.41, 5.74) is 5.73. The topological polar surface area (TPSA) is 17.1 Å². The van der Waals surface area contributed by atoms with Gasteiger partial charge in [0, 0.05) is 0 Å². The quantitative estimate of drug-likeness (QED) is 0.669. The first-order valence-corrected chi connectivity index (χ1v) is 6.56. The van der Waals surface area contributed by atoms with Gasteiger partial charge in [-0.15, -0.1) is 0 Å². The van der Waals surface area contributed by atoms with Gasteiger partial charge >= 0.3 is 0 Å². The standard InChI is InChI=1S/C15H24O/c1-6-11-12(7-2)14(9-4)15(10(5)16)13(11)8-3/h15H,6-9H2,1-5H3. The highest BCUT2D eigenvalue weighted by Gasteiger charge is 2.32. The van der Waals surface area contributed by atoms with Crippen LogP contribution in [-0.4, -0.2) is 5.78 Å². The van der Waals surface area contributed by atoms with E-state index < -0.39 is 0 Å². The lowest BCUT2D eigenvalue weighted by molar-refractivity contribution is -0.118. The maximum absolute atomic E-state index is 11.8. The summed E-state index contributed by atoms with van der Waals surface area (Å²) < 4.78 is 0. The van der Waals surface area contributed by atoms with Gasteiger partial charge in [0.2, 0.25) is 0 Å². The fourth-order valence-electron chi connectivity index (χ4n) is 3.15. The van der Waals surface area contributed by atoms with Gasteiger partial charge in [-0.25, -0.2) is 0 Å². The summed E-state index contributed by atoms with van der Waals surface area (Å²) >= 11 is 0. The summed E-state index contributed by atoms with van der Waals surface area (Å²) in [5.74, 6) is 0.433. The van der Waals surface area contributed by atoms with Crippen molar-refractivity contribution in [1.29, 1.82) is 0 Å². The van der Waals surface area contributed by atoms with Crippen molar-refractivity contribution >= 4 is 5.78 Å². The van der Waals surface area contributed by atoms with Crippen LogP contribution in [0.3, 0.4) is 0 Å². The van der Waals surface area contributed by atoms with E-state index in [1.54, 1.807) is 6.92 Å². The molecule has 0 heterocycles. The molecule has 90 valence electrons. The SMILES string of the molecule is CCC1=C(CC)C(C(C)=O)C(CC)=C1CC. The largest absolute Gasteiger partial charge is 0.299 e. The fourth-order valence-corrected chi connectivity index (χ4v) is 3.15. The second-order valence-corrected chi connectivity index (χ2v) is 4.47. The van der Waals surface area contributed by atoms with Crippen LogP contribution in [0.5, 0.6) is 0 Å². The Morgan fingerprint density at radius 1 is 0.875 bits per heavy atom. The lowest BCUT2D eigenvalue weighted by Crippen LogP contribution is -2.13. The molecule has 1 rings (SSSR count). The van der Waals surface area contributed by atoms with Crippen LogP contribution in [0.15, 0.2) is 22.3 Å². The number of ketones is 1. The molecular formula is C15H24O. The highest BCUT2D eigenvalue weighted by atomic mass is 16.1. The molecule has 0 saturated carbocycles. The van der Waals surface area contributed by atoms with Crippen LogP contribution in [0.2, 0.25) is 0 Å². The molecule has 1 nitrogen and oxygen atoms in total. The zero-order valence-electron chi connectivity index (χ0n) is 11.3. The van der Waals surface area contributed by atoms with Gasteiger partial charge in [0.15, 0.2) is 0 Å². The lowest BCUT2D eigenvalue weighted by atomic mass is 9.88. The van der Waals surface area contributed by atoms with Crippen LogP contribution in [0.25, 0.3) is 0 Å². The molecule has 0 aromatic heterocycles. The Morgan fingerprint density at radius 3 is 1.44 bits per heavy atom. The minimum absolute atomic E-state index is 0.111. The van der Waals surface area contributed by atoms with E-state index in [1.807, 2.05) is 0 Å². The average Bonchev–Trinajstić information content (AvgIpc) is 2.60. The molecule has 1 aliphatic rings. The van der Waals surface area contributed by atoms with Crippen LogP contribution in [0.1, 0.15) is 60.3 Å². The van der Waals surface area contributed by atoms with Crippen LogP contribution < -0.4 is 0 Å². The van der Waals surface area contributed by atoms with Crippen molar-refractivity contribution in [2.45, 2.75) is 60.3 Å². The summed E-state index contributed by atoms with van der Waals surface area (Å²) in [6.07, 6.45) is 4.17. The molecule has 1 aliphatic carbocycles. The molecule has 0 amide bonds. The number of hydrogen-bond donors (Lipinski definition) is 0. The molecule has 0 saturated heterocycles. The highest BCUT2D eigenvalue weighted by Crippen LogP contribution is 2.43. The minimum atomic E-state index is 0.111. The number of carbonyl (C=O) groups excluding carboxylic acids is 1. The van der Waals surface area contributed by atoms with E-state index in [0.29, 0.717) is 5.78 Å². The molecule has 0 fully saturated rings. The van der Waals surface area contributed by atoms with Crippen molar-refractivity contribution in [3.05, 3.63) is 22.3 Å². The van der Waals surface area contributed by atoms with Crippen molar-refractivity contribution in [2.24, 2.45) is 5.92 Å². The smallest absolute Gasteiger partial charge is 0.141 e. The van der Waals surface area contributed by atoms with Gasteiger partial charge in [-0.05, 0) is 43.8 Å². The Labute approximate surface area is 99.6 Å². The molecule has 0 aromatic carbocycles. The average molecular weight is 220 g/mol. The van der Waals surface area contributed by atoms with Crippen molar-refractivity contribution < 1.29 is 4.79 Å². The Balaban J connectivity index is 3.31. The zero-order chi connectivity index (χ0) is 12.3. The van der Waals surface area contributed by atoms with Crippen LogP contribution in [0, 0.1) is 5.92 Å². The molecule has 0 unspecified atom stereocenters. The number of carbonyl (C=O) groups is 1. The molecule has 0 atom stereocenters. The highest BCUT2D eigenvalue weighted by molar-refractivity contribution is 5.87. The maximum Gasteiger partial charge on any atom is 0.141 e. The van der Waals surface area contributed by atoms with Gasteiger partial charge in [0.25, 0.3) is 0 Å². The minimum Gasteiger partial charge on any atom is -0.299 e. The third-order valence-corrected chi connectivity index (χ3v) is 3.71. The van der Waals surface area contributed by atoms with E-state index in [1.165, 1.54) is 22.3 Å². The molecule has 0 bridgehead atoms. The molecule has 0 aliphatic heterocycles. The number of allylic oxidation sites excluding steroid dienone is 4. The van der Waals surface area contributed by atoms with Gasteiger partial charge < -0.3 is 0 Å². The molecular weight excluding hydrogens is 196 g/mol. The zero-order valence-corrected chi connectivity index (χ0v) is 11.3. The predicted molar refractivity (Wildman–Crippen MR) is 69.4 cm³/mol. The molecule has 0 spiro atoms. The van der Waals surface area contributed by atoms with Crippen molar-refractivity contribution in [1.82, 2.24) is 0 Å². The van der Waals surface area contributed by atoms with E-state index in [9.17, 15) is 4.79 Å². The van der Waals surface area contributed by atoms with Gasteiger partial charge in [0.1, 0.15) is 5.78 Å². The van der Waals surface area contributed by atoms with Gasteiger partial charge in [0.05, 0.1) is 5.92 Å². The van der Waals surface area contributed by atoms with E-state index in [0.717, 1.165) is 25.7 Å². The Bertz CT molecular complexity index is 316. The van der Waals surface area contributed by atoms with Crippen LogP contribution in [-0.2, 0) is 4.79 Å². The first kappa shape index (κ1) is 13.2. The van der Waals surface area contributed by atoms with E-state index >= 15 is 0 Å². The third kappa shape index (κ3) is 2.00. The van der Waals surface area contributed by atoms with Gasteiger partial charge in [-0.1, -0.05) is 38.8 Å². The molecule has 16 heavy (non-hydrogen) atoms. The van der Waals surface area contributed by atoms with Crippen molar-refractivity contribution in [2.75, 3.05) is 0 Å². The van der Waals surface area contributed by atoms with Gasteiger partial charge in [-0.2, -0.15) is 0 Å². The number of rotatable bonds is 5. The lowest BCUT2D eigenvalue weighted by Gasteiger charge is -2.15. The van der Waals surface area contributed by atoms with Crippen molar-refractivity contribution in [3.63, 3.8) is 0 Å². The molecule has 0 radical (unpaired) electrons. The third-order valence-electron chi connectivity index (χ3n) is 3.71. The monoisotopic (exact) mass is 220 g/mol. The molecule has 0 aromatic rings. The van der Waals surface area contributed by atoms with Crippen LogP contribution in [0.4, 0.5) is 0 Å². The molecule has 0 N–H and O–H groups in total. The fraction of sp³-hybridized carbons (Fsp3) is 0.667. The predicted octanol–water partition coefficient (Wildman–Crippen LogP) is 4.44. The first-order valence-electron chi connectivity index (χ1n) is 6.56. The van der Waals surface area contributed by atoms with E-state index in [2.05, 4.69) is 27.7 Å². The Hall–Kier alpha value is -0.850. The number of hydrogen-bond acceptors (Lipinski definition) is 1. The maximum atomic E-state index is 11.8. The summed E-state index contributed by atoms with van der Waals surface area (Å²) in [5, 5.41) is 0. The second kappa shape index (κ2) is 5.47. The Morgan fingerprint density at radius 2 is 1.25 bits per heavy atom. The summed E-state index contributed by atoms with van der Waals surface area (Å²) in [4.78, 5) is 11.8. The second-order valence-electron chi connectivity index (χ2n) is 4.47. The summed E-state index contributed by atoms with van der Waals surface area (Å²) in [6, 6.07) is 0. The normalized spacial score (nSPS) is 17.6. The van der Waals surface area contributed by atoms with E-state index in [-0.39, 0.29) is 5.92 Å². The van der Waals surface area contributed by atoms with Crippen molar-refractivity contribution in [3.8, 4) is 0 Å². The first-order chi connectivity index (χ1) is 7.62. The van der Waals surface area contributed by atoms with Gasteiger partial charge in [-0.3, -0.25) is 4.79 Å². The Kier molecular flexibility index (Phi) is 4.52. The summed E-state index contributed by atoms with van der Waals surface area (Å²) in [6.45, 7) is 10.5.